The molecule has 1 N–H and O–H groups in total. The van der Waals surface area contributed by atoms with E-state index in [4.69, 9.17) is 16.3 Å². The van der Waals surface area contributed by atoms with Gasteiger partial charge < -0.3 is 15.0 Å². The van der Waals surface area contributed by atoms with E-state index in [9.17, 15) is 18.0 Å². The number of hydrogen-bond donors (Lipinski definition) is 1. The SMILES string of the molecule is CCCCNC(=O)[C@H](CC)N(Cc1cccc(C)c1)C(=O)CN(c1ccc(OC)c(Cl)c1)S(=O)(=O)c1ccc(C)cc1. The van der Waals surface area contributed by atoms with Crippen LogP contribution in [0.5, 0.6) is 5.75 Å². The molecule has 0 saturated carbocycles. The third kappa shape index (κ3) is 8.26. The first kappa shape index (κ1) is 32.9. The predicted octanol–water partition coefficient (Wildman–Crippen LogP) is 5.88. The van der Waals surface area contributed by atoms with E-state index >= 15 is 0 Å². The molecular weight excluding hydrogens is 574 g/mol. The minimum Gasteiger partial charge on any atom is -0.495 e. The number of rotatable bonds is 14. The first-order valence-corrected chi connectivity index (χ1v) is 15.9. The molecule has 0 heterocycles. The van der Waals surface area contributed by atoms with Gasteiger partial charge in [0.25, 0.3) is 10.0 Å². The van der Waals surface area contributed by atoms with E-state index in [0.717, 1.165) is 33.8 Å². The summed E-state index contributed by atoms with van der Waals surface area (Å²) in [7, 11) is -2.74. The van der Waals surface area contributed by atoms with Crippen molar-refractivity contribution in [2.75, 3.05) is 24.5 Å². The summed E-state index contributed by atoms with van der Waals surface area (Å²) in [5.41, 5.74) is 2.94. The first-order chi connectivity index (χ1) is 20.0. The van der Waals surface area contributed by atoms with E-state index in [1.165, 1.54) is 30.2 Å². The fraction of sp³-hybridized carbons (Fsp3) is 0.375. The molecule has 0 aromatic heterocycles. The van der Waals surface area contributed by atoms with Gasteiger partial charge in [-0.15, -0.1) is 0 Å². The van der Waals surface area contributed by atoms with Gasteiger partial charge in [-0.05, 0) is 62.6 Å². The molecular formula is C32H40ClN3O5S. The Bertz CT molecular complexity index is 1480. The molecule has 3 rings (SSSR count). The summed E-state index contributed by atoms with van der Waals surface area (Å²) >= 11 is 6.39. The summed E-state index contributed by atoms with van der Waals surface area (Å²) in [5.74, 6) is -0.417. The minimum atomic E-state index is -4.20. The molecule has 0 aliphatic rings. The molecule has 2 amide bonds. The molecule has 0 bridgehead atoms. The largest absolute Gasteiger partial charge is 0.495 e. The molecule has 0 radical (unpaired) electrons. The second-order valence-corrected chi connectivity index (χ2v) is 12.5. The molecule has 10 heteroatoms. The maximum absolute atomic E-state index is 14.2. The van der Waals surface area contributed by atoms with Gasteiger partial charge in [0.05, 0.1) is 22.7 Å². The number of hydrogen-bond acceptors (Lipinski definition) is 5. The summed E-state index contributed by atoms with van der Waals surface area (Å²) in [6.45, 7) is 7.78. The van der Waals surface area contributed by atoms with Crippen molar-refractivity contribution in [3.05, 3.63) is 88.4 Å². The summed E-state index contributed by atoms with van der Waals surface area (Å²) in [5, 5.41) is 3.14. The Kier molecular flexibility index (Phi) is 11.8. The zero-order valence-electron chi connectivity index (χ0n) is 24.9. The fourth-order valence-corrected chi connectivity index (χ4v) is 6.27. The maximum Gasteiger partial charge on any atom is 0.264 e. The van der Waals surface area contributed by atoms with Crippen LogP contribution < -0.4 is 14.4 Å². The number of benzene rings is 3. The molecule has 0 unspecified atom stereocenters. The number of carbonyl (C=O) groups is 2. The average Bonchev–Trinajstić information content (AvgIpc) is 2.96. The van der Waals surface area contributed by atoms with Crippen LogP contribution in [0.3, 0.4) is 0 Å². The minimum absolute atomic E-state index is 0.0300. The normalized spacial score (nSPS) is 12.0. The Hall–Kier alpha value is -3.56. The van der Waals surface area contributed by atoms with E-state index in [0.29, 0.717) is 18.7 Å². The van der Waals surface area contributed by atoms with Crippen molar-refractivity contribution < 1.29 is 22.7 Å². The second kappa shape index (κ2) is 15.1. The highest BCUT2D eigenvalue weighted by Crippen LogP contribution is 2.32. The lowest BCUT2D eigenvalue weighted by Crippen LogP contribution is -2.52. The number of amides is 2. The number of nitrogens with one attached hydrogen (secondary N) is 1. The summed E-state index contributed by atoms with van der Waals surface area (Å²) in [6, 6.07) is 17.9. The number of aryl methyl sites for hydroxylation is 2. The van der Waals surface area contributed by atoms with Crippen LogP contribution in [0.4, 0.5) is 5.69 Å². The van der Waals surface area contributed by atoms with E-state index < -0.39 is 28.5 Å². The number of methoxy groups -OCH3 is 1. The van der Waals surface area contributed by atoms with Crippen molar-refractivity contribution in [3.63, 3.8) is 0 Å². The van der Waals surface area contributed by atoms with Gasteiger partial charge in [-0.1, -0.05) is 79.4 Å². The molecule has 0 aliphatic carbocycles. The van der Waals surface area contributed by atoms with Crippen molar-refractivity contribution in [2.45, 2.75) is 64.4 Å². The van der Waals surface area contributed by atoms with Crippen LogP contribution in [-0.2, 0) is 26.2 Å². The summed E-state index contributed by atoms with van der Waals surface area (Å²) < 4.78 is 34.3. The molecule has 1 atom stereocenters. The molecule has 3 aromatic rings. The number of halogens is 1. The highest BCUT2D eigenvalue weighted by Gasteiger charge is 2.34. The van der Waals surface area contributed by atoms with Crippen molar-refractivity contribution in [1.29, 1.82) is 0 Å². The van der Waals surface area contributed by atoms with Crippen molar-refractivity contribution in [2.24, 2.45) is 0 Å². The predicted molar refractivity (Wildman–Crippen MR) is 167 cm³/mol. The standard InChI is InChI=1S/C32H40ClN3O5S/c1-6-8-18-34-32(38)29(7-2)35(21-25-11-9-10-24(4)19-25)31(37)22-36(26-14-17-30(41-5)28(33)20-26)42(39,40)27-15-12-23(3)13-16-27/h9-17,19-20,29H,6-8,18,21-22H2,1-5H3,(H,34,38)/t29-/m0/s1. The number of unbranched alkanes of at least 4 members (excludes halogenated alkanes) is 1. The van der Waals surface area contributed by atoms with Gasteiger partial charge in [-0.25, -0.2) is 8.42 Å². The molecule has 8 nitrogen and oxygen atoms in total. The van der Waals surface area contributed by atoms with Crippen LogP contribution in [0.15, 0.2) is 71.6 Å². The van der Waals surface area contributed by atoms with Crippen molar-refractivity contribution in [3.8, 4) is 5.75 Å². The zero-order chi connectivity index (χ0) is 30.9. The van der Waals surface area contributed by atoms with E-state index in [2.05, 4.69) is 5.32 Å². The van der Waals surface area contributed by atoms with E-state index in [1.54, 1.807) is 24.3 Å². The van der Waals surface area contributed by atoms with Crippen molar-refractivity contribution in [1.82, 2.24) is 10.2 Å². The fourth-order valence-electron chi connectivity index (χ4n) is 4.61. The zero-order valence-corrected chi connectivity index (χ0v) is 26.5. The number of sulfonamides is 1. The number of nitrogens with zero attached hydrogens (tertiary/aromatic N) is 2. The number of ether oxygens (including phenoxy) is 1. The van der Waals surface area contributed by atoms with Crippen molar-refractivity contribution >= 4 is 39.1 Å². The molecule has 226 valence electrons. The Balaban J connectivity index is 2.07. The maximum atomic E-state index is 14.2. The van der Waals surface area contributed by atoms with Crippen LogP contribution >= 0.6 is 11.6 Å². The van der Waals surface area contributed by atoms with Crippen LogP contribution in [-0.4, -0.2) is 51.4 Å². The number of anilines is 1. The molecule has 3 aromatic carbocycles. The highest BCUT2D eigenvalue weighted by molar-refractivity contribution is 7.92. The van der Waals surface area contributed by atoms with Crippen LogP contribution in [0.1, 0.15) is 49.8 Å². The number of carbonyl (C=O) groups excluding carboxylic acids is 2. The molecule has 0 fully saturated rings. The molecule has 0 saturated heterocycles. The average molecular weight is 614 g/mol. The van der Waals surface area contributed by atoms with Gasteiger partial charge in [-0.3, -0.25) is 13.9 Å². The Labute approximate surface area is 254 Å². The van der Waals surface area contributed by atoms with Crippen LogP contribution in [0.25, 0.3) is 0 Å². The van der Waals surface area contributed by atoms with Gasteiger partial charge in [0, 0.05) is 13.1 Å². The van der Waals surface area contributed by atoms with E-state index in [1.807, 2.05) is 52.0 Å². The van der Waals surface area contributed by atoms with E-state index in [-0.39, 0.29) is 28.1 Å². The first-order valence-electron chi connectivity index (χ1n) is 14.1. The molecule has 42 heavy (non-hydrogen) atoms. The van der Waals surface area contributed by atoms with Gasteiger partial charge in [0.15, 0.2) is 0 Å². The Morgan fingerprint density at radius 2 is 1.69 bits per heavy atom. The molecule has 0 aliphatic heterocycles. The second-order valence-electron chi connectivity index (χ2n) is 10.2. The summed E-state index contributed by atoms with van der Waals surface area (Å²) in [6.07, 6.45) is 2.09. The molecule has 0 spiro atoms. The topological polar surface area (TPSA) is 96.0 Å². The van der Waals surface area contributed by atoms with Gasteiger partial charge in [-0.2, -0.15) is 0 Å². The lowest BCUT2D eigenvalue weighted by molar-refractivity contribution is -0.140. The Morgan fingerprint density at radius 1 is 0.976 bits per heavy atom. The van der Waals surface area contributed by atoms with Gasteiger partial charge in [0.2, 0.25) is 11.8 Å². The van der Waals surface area contributed by atoms with Gasteiger partial charge >= 0.3 is 0 Å². The lowest BCUT2D eigenvalue weighted by Gasteiger charge is -2.33. The third-order valence-corrected chi connectivity index (χ3v) is 9.05. The van der Waals surface area contributed by atoms with Crippen LogP contribution in [0.2, 0.25) is 5.02 Å². The van der Waals surface area contributed by atoms with Gasteiger partial charge in [0.1, 0.15) is 18.3 Å². The quantitative estimate of drug-likeness (QED) is 0.229. The lowest BCUT2D eigenvalue weighted by atomic mass is 10.1. The smallest absolute Gasteiger partial charge is 0.264 e. The summed E-state index contributed by atoms with van der Waals surface area (Å²) in [4.78, 5) is 29.0. The monoisotopic (exact) mass is 613 g/mol. The highest BCUT2D eigenvalue weighted by atomic mass is 35.5. The Morgan fingerprint density at radius 3 is 2.29 bits per heavy atom. The van der Waals surface area contributed by atoms with Crippen LogP contribution in [0, 0.1) is 13.8 Å². The third-order valence-electron chi connectivity index (χ3n) is 6.96.